The van der Waals surface area contributed by atoms with Crippen LogP contribution in [0.1, 0.15) is 73.1 Å². The van der Waals surface area contributed by atoms with Gasteiger partial charge in [-0.15, -0.1) is 0 Å². The summed E-state index contributed by atoms with van der Waals surface area (Å²) < 4.78 is 0. The Labute approximate surface area is 120 Å². The van der Waals surface area contributed by atoms with Crippen LogP contribution < -0.4 is 0 Å². The lowest BCUT2D eigenvalue weighted by Gasteiger charge is -2.11. The van der Waals surface area contributed by atoms with E-state index in [9.17, 15) is 4.79 Å². The first-order chi connectivity index (χ1) is 8.99. The number of hydrogen-bond donors (Lipinski definition) is 0. The Morgan fingerprint density at radius 2 is 1.74 bits per heavy atom. The molecule has 0 saturated carbocycles. The third kappa shape index (κ3) is 10.7. The molecule has 2 unspecified atom stereocenters. The molecule has 0 bridgehead atoms. The largest absolute Gasteiger partial charge is 0.295 e. The average molecular weight is 264 g/mol. The summed E-state index contributed by atoms with van der Waals surface area (Å²) in [6, 6.07) is 0. The van der Waals surface area contributed by atoms with Crippen molar-refractivity contribution in [2.24, 2.45) is 11.8 Å². The molecule has 0 rings (SSSR count). The van der Waals surface area contributed by atoms with E-state index in [1.807, 2.05) is 13.8 Å². The number of rotatable bonds is 10. The second-order valence-electron chi connectivity index (χ2n) is 5.90. The summed E-state index contributed by atoms with van der Waals surface area (Å²) in [6.07, 6.45) is 13.0. The molecule has 19 heavy (non-hydrogen) atoms. The molecule has 0 aromatic carbocycles. The Morgan fingerprint density at radius 3 is 2.32 bits per heavy atom. The van der Waals surface area contributed by atoms with Crippen LogP contribution in [0.3, 0.4) is 0 Å². The fraction of sp³-hybridized carbons (Fsp3) is 0.722. The molecule has 0 aliphatic carbocycles. The van der Waals surface area contributed by atoms with Gasteiger partial charge in [0.25, 0.3) is 0 Å². The van der Waals surface area contributed by atoms with Crippen molar-refractivity contribution in [3.05, 3.63) is 23.8 Å². The van der Waals surface area contributed by atoms with E-state index in [-0.39, 0.29) is 5.78 Å². The normalized spacial score (nSPS) is 15.7. The SMILES string of the molecule is CCC(=O)/C=C(C)/C=C/CC(C)CCCC(C)CC. The van der Waals surface area contributed by atoms with Crippen molar-refractivity contribution in [2.45, 2.75) is 73.1 Å². The Kier molecular flexibility index (Phi) is 10.5. The van der Waals surface area contributed by atoms with Crippen LogP contribution in [-0.4, -0.2) is 5.78 Å². The topological polar surface area (TPSA) is 17.1 Å². The summed E-state index contributed by atoms with van der Waals surface area (Å²) >= 11 is 0. The summed E-state index contributed by atoms with van der Waals surface area (Å²) in [5.74, 6) is 1.83. The lowest BCUT2D eigenvalue weighted by atomic mass is 9.95. The van der Waals surface area contributed by atoms with Gasteiger partial charge in [-0.1, -0.05) is 65.5 Å². The lowest BCUT2D eigenvalue weighted by molar-refractivity contribution is -0.114. The third-order valence-electron chi connectivity index (χ3n) is 3.75. The number of carbonyl (C=O) groups excluding carboxylic acids is 1. The Bertz CT molecular complexity index is 299. The van der Waals surface area contributed by atoms with Crippen molar-refractivity contribution in [1.29, 1.82) is 0 Å². The van der Waals surface area contributed by atoms with E-state index in [0.717, 1.165) is 23.8 Å². The molecule has 0 spiro atoms. The van der Waals surface area contributed by atoms with Crippen LogP contribution >= 0.6 is 0 Å². The summed E-state index contributed by atoms with van der Waals surface area (Å²) in [5.41, 5.74) is 1.07. The monoisotopic (exact) mass is 264 g/mol. The second-order valence-corrected chi connectivity index (χ2v) is 5.90. The van der Waals surface area contributed by atoms with E-state index in [1.165, 1.54) is 25.7 Å². The average Bonchev–Trinajstić information content (AvgIpc) is 2.38. The van der Waals surface area contributed by atoms with Crippen molar-refractivity contribution in [3.8, 4) is 0 Å². The van der Waals surface area contributed by atoms with Crippen LogP contribution in [0.4, 0.5) is 0 Å². The second kappa shape index (κ2) is 11.0. The zero-order valence-corrected chi connectivity index (χ0v) is 13.5. The van der Waals surface area contributed by atoms with Crippen molar-refractivity contribution in [3.63, 3.8) is 0 Å². The zero-order valence-electron chi connectivity index (χ0n) is 13.5. The van der Waals surface area contributed by atoms with Gasteiger partial charge in [-0.3, -0.25) is 4.79 Å². The number of carbonyl (C=O) groups is 1. The minimum absolute atomic E-state index is 0.212. The van der Waals surface area contributed by atoms with E-state index in [2.05, 4.69) is 32.9 Å². The van der Waals surface area contributed by atoms with Crippen molar-refractivity contribution in [2.75, 3.05) is 0 Å². The standard InChI is InChI=1S/C18H32O/c1-6-15(3)10-8-11-16(4)12-9-13-17(5)14-18(19)7-2/h9,13-16H,6-8,10-12H2,1-5H3/b13-9+,17-14+. The Balaban J connectivity index is 3.86. The number of allylic oxidation sites excluding steroid dienone is 4. The van der Waals surface area contributed by atoms with Crippen LogP contribution in [0.25, 0.3) is 0 Å². The predicted octanol–water partition coefficient (Wildman–Crippen LogP) is 5.71. The third-order valence-corrected chi connectivity index (χ3v) is 3.75. The fourth-order valence-corrected chi connectivity index (χ4v) is 2.03. The first-order valence-electron chi connectivity index (χ1n) is 7.87. The molecule has 0 saturated heterocycles. The Morgan fingerprint density at radius 1 is 1.11 bits per heavy atom. The highest BCUT2D eigenvalue weighted by atomic mass is 16.1. The van der Waals surface area contributed by atoms with Gasteiger partial charge in [0.15, 0.2) is 5.78 Å². The molecule has 0 fully saturated rings. The van der Waals surface area contributed by atoms with Crippen LogP contribution in [0.15, 0.2) is 23.8 Å². The molecule has 0 heterocycles. The molecule has 0 radical (unpaired) electrons. The number of hydrogen-bond acceptors (Lipinski definition) is 1. The summed E-state index contributed by atoms with van der Waals surface area (Å²) in [5, 5.41) is 0. The van der Waals surface area contributed by atoms with Gasteiger partial charge in [0, 0.05) is 6.42 Å². The first-order valence-corrected chi connectivity index (χ1v) is 7.87. The van der Waals surface area contributed by atoms with Gasteiger partial charge in [-0.2, -0.15) is 0 Å². The van der Waals surface area contributed by atoms with Crippen molar-refractivity contribution in [1.82, 2.24) is 0 Å². The molecule has 0 N–H and O–H groups in total. The quantitative estimate of drug-likeness (QED) is 0.365. The van der Waals surface area contributed by atoms with Gasteiger partial charge in [-0.25, -0.2) is 0 Å². The fourth-order valence-electron chi connectivity index (χ4n) is 2.03. The van der Waals surface area contributed by atoms with Crippen LogP contribution in [0.2, 0.25) is 0 Å². The lowest BCUT2D eigenvalue weighted by Crippen LogP contribution is -1.97. The molecule has 0 aliphatic heterocycles. The van der Waals surface area contributed by atoms with Gasteiger partial charge >= 0.3 is 0 Å². The van der Waals surface area contributed by atoms with Gasteiger partial charge < -0.3 is 0 Å². The molecule has 1 heteroatoms. The molecule has 0 aliphatic rings. The van der Waals surface area contributed by atoms with E-state index >= 15 is 0 Å². The minimum atomic E-state index is 0.212. The van der Waals surface area contributed by atoms with E-state index < -0.39 is 0 Å². The van der Waals surface area contributed by atoms with Gasteiger partial charge in [0.2, 0.25) is 0 Å². The van der Waals surface area contributed by atoms with Gasteiger partial charge in [0.05, 0.1) is 0 Å². The molecule has 0 aromatic heterocycles. The maximum atomic E-state index is 11.2. The van der Waals surface area contributed by atoms with E-state index in [4.69, 9.17) is 0 Å². The summed E-state index contributed by atoms with van der Waals surface area (Å²) in [6.45, 7) is 10.8. The van der Waals surface area contributed by atoms with Crippen LogP contribution in [-0.2, 0) is 4.79 Å². The van der Waals surface area contributed by atoms with Gasteiger partial charge in [-0.05, 0) is 36.8 Å². The van der Waals surface area contributed by atoms with Crippen molar-refractivity contribution < 1.29 is 4.79 Å². The molecule has 110 valence electrons. The first kappa shape index (κ1) is 18.1. The van der Waals surface area contributed by atoms with Gasteiger partial charge in [0.1, 0.15) is 0 Å². The molecule has 1 nitrogen and oxygen atoms in total. The van der Waals surface area contributed by atoms with Crippen molar-refractivity contribution >= 4 is 5.78 Å². The molecule has 0 aromatic rings. The summed E-state index contributed by atoms with van der Waals surface area (Å²) in [4.78, 5) is 11.2. The number of ketones is 1. The highest BCUT2D eigenvalue weighted by molar-refractivity contribution is 5.90. The molecular formula is C18H32O. The maximum Gasteiger partial charge on any atom is 0.155 e. The predicted molar refractivity (Wildman–Crippen MR) is 85.3 cm³/mol. The van der Waals surface area contributed by atoms with Crippen LogP contribution in [0, 0.1) is 11.8 Å². The smallest absolute Gasteiger partial charge is 0.155 e. The minimum Gasteiger partial charge on any atom is -0.295 e. The highest BCUT2D eigenvalue weighted by Crippen LogP contribution is 2.17. The highest BCUT2D eigenvalue weighted by Gasteiger charge is 2.02. The molecule has 0 amide bonds. The van der Waals surface area contributed by atoms with Crippen LogP contribution in [0.5, 0.6) is 0 Å². The van der Waals surface area contributed by atoms with E-state index in [1.54, 1.807) is 6.08 Å². The molecular weight excluding hydrogens is 232 g/mol. The van der Waals surface area contributed by atoms with E-state index in [0.29, 0.717) is 6.42 Å². The zero-order chi connectivity index (χ0) is 14.7. The Hall–Kier alpha value is -0.850. The summed E-state index contributed by atoms with van der Waals surface area (Å²) in [7, 11) is 0. The molecule has 2 atom stereocenters. The maximum absolute atomic E-state index is 11.2.